The van der Waals surface area contributed by atoms with Crippen molar-refractivity contribution < 1.29 is 23.2 Å². The predicted octanol–water partition coefficient (Wildman–Crippen LogP) is 3.55. The topological polar surface area (TPSA) is 66.5 Å². The zero-order valence-electron chi connectivity index (χ0n) is 14.4. The average Bonchev–Trinajstić information content (AvgIpc) is 2.57. The summed E-state index contributed by atoms with van der Waals surface area (Å²) in [6.45, 7) is 2.62. The smallest absolute Gasteiger partial charge is 0.226 e. The Hall–Kier alpha value is -3.09. The lowest BCUT2D eigenvalue weighted by Gasteiger charge is -2.21. The third-order valence-corrected chi connectivity index (χ3v) is 3.72. The highest BCUT2D eigenvalue weighted by atomic mass is 19.1. The molecular weight excluding hydrogens is 342 g/mol. The number of carbonyl (C=O) groups excluding carboxylic acids is 3. The lowest BCUT2D eigenvalue weighted by atomic mass is 10.1. The Morgan fingerprint density at radius 1 is 1.00 bits per heavy atom. The molecule has 2 rings (SSSR count). The van der Waals surface area contributed by atoms with Crippen LogP contribution in [0.4, 0.5) is 20.2 Å². The van der Waals surface area contributed by atoms with E-state index in [-0.39, 0.29) is 30.3 Å². The molecule has 0 spiro atoms. The minimum atomic E-state index is -0.875. The molecule has 0 saturated heterocycles. The van der Waals surface area contributed by atoms with Crippen molar-refractivity contribution in [1.29, 1.82) is 0 Å². The van der Waals surface area contributed by atoms with Crippen LogP contribution < -0.4 is 10.2 Å². The summed E-state index contributed by atoms with van der Waals surface area (Å²) in [5.74, 6) is -2.55. The standard InChI is InChI=1S/C19H18F2N2O3/c1-12(24)14-3-6-16(7-4-14)22-19(26)9-10-23(13(2)25)18-8-5-15(20)11-17(18)21/h3-8,11H,9-10H2,1-2H3,(H,22,26). The molecule has 0 aliphatic rings. The first-order valence-corrected chi connectivity index (χ1v) is 7.92. The van der Waals surface area contributed by atoms with Crippen molar-refractivity contribution in [3.63, 3.8) is 0 Å². The Balaban J connectivity index is 2.01. The van der Waals surface area contributed by atoms with E-state index in [1.807, 2.05) is 0 Å². The summed E-state index contributed by atoms with van der Waals surface area (Å²) in [7, 11) is 0. The van der Waals surface area contributed by atoms with Crippen LogP contribution in [0.5, 0.6) is 0 Å². The van der Waals surface area contributed by atoms with E-state index >= 15 is 0 Å². The molecule has 0 aliphatic carbocycles. The van der Waals surface area contributed by atoms with Gasteiger partial charge in [0.05, 0.1) is 5.69 Å². The van der Waals surface area contributed by atoms with Gasteiger partial charge in [-0.1, -0.05) is 0 Å². The summed E-state index contributed by atoms with van der Waals surface area (Å²) in [6.07, 6.45) is -0.0785. The highest BCUT2D eigenvalue weighted by molar-refractivity contribution is 5.96. The molecule has 0 bridgehead atoms. The largest absolute Gasteiger partial charge is 0.326 e. The summed E-state index contributed by atoms with van der Waals surface area (Å²) in [5, 5.41) is 2.64. The molecule has 0 unspecified atom stereocenters. The molecule has 0 fully saturated rings. The summed E-state index contributed by atoms with van der Waals surface area (Å²) in [5.41, 5.74) is 0.942. The van der Waals surface area contributed by atoms with Crippen LogP contribution >= 0.6 is 0 Å². The Labute approximate surface area is 149 Å². The fraction of sp³-hybridized carbons (Fsp3) is 0.211. The van der Waals surface area contributed by atoms with E-state index in [1.165, 1.54) is 13.8 Å². The number of nitrogens with zero attached hydrogens (tertiary/aromatic N) is 1. The van der Waals surface area contributed by atoms with Gasteiger partial charge in [-0.2, -0.15) is 0 Å². The maximum Gasteiger partial charge on any atom is 0.226 e. The normalized spacial score (nSPS) is 10.3. The fourth-order valence-corrected chi connectivity index (χ4v) is 2.37. The second kappa shape index (κ2) is 8.33. The highest BCUT2D eigenvalue weighted by Gasteiger charge is 2.17. The maximum atomic E-state index is 13.9. The lowest BCUT2D eigenvalue weighted by Crippen LogP contribution is -2.32. The van der Waals surface area contributed by atoms with Crippen molar-refractivity contribution in [1.82, 2.24) is 0 Å². The molecule has 7 heteroatoms. The zero-order valence-corrected chi connectivity index (χ0v) is 14.4. The van der Waals surface area contributed by atoms with Crippen LogP contribution in [0.2, 0.25) is 0 Å². The number of rotatable bonds is 6. The van der Waals surface area contributed by atoms with Crippen LogP contribution in [0, 0.1) is 11.6 Å². The number of ketones is 1. The molecule has 0 saturated carbocycles. The highest BCUT2D eigenvalue weighted by Crippen LogP contribution is 2.21. The van der Waals surface area contributed by atoms with Crippen molar-refractivity contribution >= 4 is 29.0 Å². The predicted molar refractivity (Wildman–Crippen MR) is 94.1 cm³/mol. The lowest BCUT2D eigenvalue weighted by molar-refractivity contribution is -0.117. The van der Waals surface area contributed by atoms with E-state index < -0.39 is 17.5 Å². The third-order valence-electron chi connectivity index (χ3n) is 3.72. The Morgan fingerprint density at radius 2 is 1.65 bits per heavy atom. The quantitative estimate of drug-likeness (QED) is 0.801. The van der Waals surface area contributed by atoms with Crippen LogP contribution in [0.1, 0.15) is 30.6 Å². The first kappa shape index (κ1) is 19.2. The first-order chi connectivity index (χ1) is 12.3. The molecule has 0 aromatic heterocycles. The molecule has 2 aromatic carbocycles. The van der Waals surface area contributed by atoms with Gasteiger partial charge in [-0.3, -0.25) is 14.4 Å². The van der Waals surface area contributed by atoms with Crippen LogP contribution in [0.25, 0.3) is 0 Å². The molecule has 136 valence electrons. The van der Waals surface area contributed by atoms with Crippen molar-refractivity contribution in [2.75, 3.05) is 16.8 Å². The molecule has 2 aromatic rings. The van der Waals surface area contributed by atoms with E-state index in [0.29, 0.717) is 17.3 Å². The molecule has 1 N–H and O–H groups in total. The van der Waals surface area contributed by atoms with Gasteiger partial charge in [0, 0.05) is 37.2 Å². The summed E-state index contributed by atoms with van der Waals surface area (Å²) in [6, 6.07) is 9.26. The van der Waals surface area contributed by atoms with Crippen molar-refractivity contribution in [3.05, 3.63) is 59.7 Å². The number of hydrogen-bond donors (Lipinski definition) is 1. The maximum absolute atomic E-state index is 13.9. The Bertz CT molecular complexity index is 835. The Kier molecular flexibility index (Phi) is 6.16. The van der Waals surface area contributed by atoms with Gasteiger partial charge >= 0.3 is 0 Å². The van der Waals surface area contributed by atoms with Crippen LogP contribution in [-0.2, 0) is 9.59 Å². The van der Waals surface area contributed by atoms with E-state index in [1.54, 1.807) is 24.3 Å². The van der Waals surface area contributed by atoms with Gasteiger partial charge in [-0.25, -0.2) is 8.78 Å². The van der Waals surface area contributed by atoms with Crippen LogP contribution in [0.15, 0.2) is 42.5 Å². The van der Waals surface area contributed by atoms with Crippen molar-refractivity contribution in [3.8, 4) is 0 Å². The van der Waals surface area contributed by atoms with E-state index in [0.717, 1.165) is 17.0 Å². The van der Waals surface area contributed by atoms with E-state index in [4.69, 9.17) is 0 Å². The molecule has 0 radical (unpaired) electrons. The van der Waals surface area contributed by atoms with E-state index in [9.17, 15) is 23.2 Å². The summed E-state index contributed by atoms with van der Waals surface area (Å²) >= 11 is 0. The molecule has 26 heavy (non-hydrogen) atoms. The number of Topliss-reactive ketones (excluding diaryl/α,β-unsaturated/α-hetero) is 1. The van der Waals surface area contributed by atoms with Crippen LogP contribution in [-0.4, -0.2) is 24.1 Å². The Morgan fingerprint density at radius 3 is 2.19 bits per heavy atom. The first-order valence-electron chi connectivity index (χ1n) is 7.92. The zero-order chi connectivity index (χ0) is 19.3. The van der Waals surface area contributed by atoms with Gasteiger partial charge in [0.2, 0.25) is 11.8 Å². The molecule has 5 nitrogen and oxygen atoms in total. The number of hydrogen-bond acceptors (Lipinski definition) is 3. The van der Waals surface area contributed by atoms with Gasteiger partial charge in [0.15, 0.2) is 5.78 Å². The van der Waals surface area contributed by atoms with Crippen molar-refractivity contribution in [2.45, 2.75) is 20.3 Å². The summed E-state index contributed by atoms with van der Waals surface area (Å²) in [4.78, 5) is 36.1. The van der Waals surface area contributed by atoms with Gasteiger partial charge < -0.3 is 10.2 Å². The fourth-order valence-electron chi connectivity index (χ4n) is 2.37. The van der Waals surface area contributed by atoms with Gasteiger partial charge in [-0.15, -0.1) is 0 Å². The molecule has 0 aliphatic heterocycles. The monoisotopic (exact) mass is 360 g/mol. The SMILES string of the molecule is CC(=O)c1ccc(NC(=O)CCN(C(C)=O)c2ccc(F)cc2F)cc1. The van der Waals surface area contributed by atoms with E-state index in [2.05, 4.69) is 5.32 Å². The number of benzene rings is 2. The number of halogens is 2. The average molecular weight is 360 g/mol. The molecule has 0 atom stereocenters. The second-order valence-corrected chi connectivity index (χ2v) is 5.70. The second-order valence-electron chi connectivity index (χ2n) is 5.70. The number of amides is 2. The molecular formula is C19H18F2N2O3. The van der Waals surface area contributed by atoms with Gasteiger partial charge in [-0.05, 0) is 43.3 Å². The number of carbonyl (C=O) groups is 3. The van der Waals surface area contributed by atoms with Crippen molar-refractivity contribution in [2.24, 2.45) is 0 Å². The third kappa shape index (κ3) is 4.95. The minimum absolute atomic E-state index is 0.0603. The van der Waals surface area contributed by atoms with Gasteiger partial charge in [0.25, 0.3) is 0 Å². The summed E-state index contributed by atoms with van der Waals surface area (Å²) < 4.78 is 26.9. The number of anilines is 2. The minimum Gasteiger partial charge on any atom is -0.326 e. The van der Waals surface area contributed by atoms with Crippen LogP contribution in [0.3, 0.4) is 0 Å². The van der Waals surface area contributed by atoms with Gasteiger partial charge in [0.1, 0.15) is 11.6 Å². The molecule has 0 heterocycles. The molecule has 2 amide bonds. The number of nitrogens with one attached hydrogen (secondary N) is 1.